The quantitative estimate of drug-likeness (QED) is 0.797. The average Bonchev–Trinajstić information content (AvgIpc) is 2.45. The first-order valence-electron chi connectivity index (χ1n) is 6.57. The molecular weight excluding hydrogens is 363 g/mol. The first kappa shape index (κ1) is 17.7. The van der Waals surface area contributed by atoms with Crippen LogP contribution in [0.25, 0.3) is 0 Å². The van der Waals surface area contributed by atoms with Crippen LogP contribution in [0, 0.1) is 0 Å². The Morgan fingerprint density at radius 3 is 2.43 bits per heavy atom. The largest absolute Gasteiger partial charge is 0.508 e. The van der Waals surface area contributed by atoms with Gasteiger partial charge in [0, 0.05) is 11.1 Å². The van der Waals surface area contributed by atoms with Crippen molar-refractivity contribution in [3.63, 3.8) is 0 Å². The van der Waals surface area contributed by atoms with Crippen molar-refractivity contribution >= 4 is 33.3 Å². The smallest absolute Gasteiger partial charge is 0.343 e. The number of benzene rings is 2. The number of aryl methyl sites for hydroxylation is 1. The molecule has 0 heterocycles. The maximum atomic E-state index is 12.5. The van der Waals surface area contributed by atoms with Gasteiger partial charge in [-0.1, -0.05) is 30.1 Å². The molecular formula is C15H14Cl2O5S. The summed E-state index contributed by atoms with van der Waals surface area (Å²) in [4.78, 5) is -0.293. The van der Waals surface area contributed by atoms with E-state index in [4.69, 9.17) is 32.1 Å². The second-order valence-corrected chi connectivity index (χ2v) is 7.00. The zero-order chi connectivity index (χ0) is 17.2. The van der Waals surface area contributed by atoms with Gasteiger partial charge in [0.05, 0.1) is 12.1 Å². The minimum absolute atomic E-state index is 0.0139. The Bertz CT molecular complexity index is 834. The second-order valence-electron chi connectivity index (χ2n) is 4.65. The van der Waals surface area contributed by atoms with Gasteiger partial charge in [0.2, 0.25) is 0 Å². The number of ether oxygens (including phenoxy) is 1. The number of phenolic OH excluding ortho intramolecular Hbond substituents is 1. The molecule has 0 atom stereocenters. The molecule has 0 aromatic heterocycles. The van der Waals surface area contributed by atoms with Crippen molar-refractivity contribution in [2.45, 2.75) is 18.2 Å². The zero-order valence-corrected chi connectivity index (χ0v) is 14.7. The fourth-order valence-electron chi connectivity index (χ4n) is 1.99. The van der Waals surface area contributed by atoms with E-state index in [-0.39, 0.29) is 32.2 Å². The highest BCUT2D eigenvalue weighted by atomic mass is 35.5. The summed E-state index contributed by atoms with van der Waals surface area (Å²) in [5.41, 5.74) is 0.728. The first-order chi connectivity index (χ1) is 10.8. The van der Waals surface area contributed by atoms with Gasteiger partial charge in [0.25, 0.3) is 0 Å². The summed E-state index contributed by atoms with van der Waals surface area (Å²) in [6, 6.07) is 6.80. The fourth-order valence-corrected chi connectivity index (χ4v) is 3.81. The lowest BCUT2D eigenvalue weighted by Crippen LogP contribution is -2.11. The van der Waals surface area contributed by atoms with Crippen LogP contribution >= 0.6 is 23.2 Å². The molecule has 0 aliphatic rings. The third kappa shape index (κ3) is 4.02. The van der Waals surface area contributed by atoms with Crippen molar-refractivity contribution in [1.29, 1.82) is 0 Å². The Labute approximate surface area is 144 Å². The molecule has 0 aliphatic heterocycles. The van der Waals surface area contributed by atoms with Crippen molar-refractivity contribution in [1.82, 2.24) is 0 Å². The number of phenols is 1. The van der Waals surface area contributed by atoms with E-state index in [2.05, 4.69) is 0 Å². The minimum atomic E-state index is -4.25. The lowest BCUT2D eigenvalue weighted by molar-refractivity contribution is 0.398. The van der Waals surface area contributed by atoms with Gasteiger partial charge in [-0.2, -0.15) is 8.42 Å². The molecule has 0 fully saturated rings. The van der Waals surface area contributed by atoms with Gasteiger partial charge in [-0.05, 0) is 36.2 Å². The molecule has 0 unspecified atom stereocenters. The van der Waals surface area contributed by atoms with E-state index in [1.165, 1.54) is 37.4 Å². The third-order valence-corrected chi connectivity index (χ3v) is 4.77. The molecule has 23 heavy (non-hydrogen) atoms. The fraction of sp³-hybridized carbons (Fsp3) is 0.200. The van der Waals surface area contributed by atoms with Gasteiger partial charge in [0.1, 0.15) is 11.5 Å². The van der Waals surface area contributed by atoms with Crippen LogP contribution in [-0.2, 0) is 16.5 Å². The Morgan fingerprint density at radius 2 is 1.83 bits per heavy atom. The van der Waals surface area contributed by atoms with Gasteiger partial charge in [-0.15, -0.1) is 0 Å². The highest BCUT2D eigenvalue weighted by Gasteiger charge is 2.25. The van der Waals surface area contributed by atoms with Gasteiger partial charge in [-0.25, -0.2) is 0 Å². The van der Waals surface area contributed by atoms with Gasteiger partial charge < -0.3 is 14.0 Å². The van der Waals surface area contributed by atoms with Gasteiger partial charge >= 0.3 is 10.1 Å². The molecule has 2 rings (SSSR count). The average molecular weight is 377 g/mol. The molecule has 1 N–H and O–H groups in total. The monoisotopic (exact) mass is 376 g/mol. The summed E-state index contributed by atoms with van der Waals surface area (Å²) in [5.74, 6) is -0.169. The summed E-state index contributed by atoms with van der Waals surface area (Å²) < 4.78 is 35.1. The Kier molecular flexibility index (Phi) is 5.29. The zero-order valence-electron chi connectivity index (χ0n) is 12.3. The predicted molar refractivity (Wildman–Crippen MR) is 88.3 cm³/mol. The molecule has 8 heteroatoms. The molecule has 0 bridgehead atoms. The van der Waals surface area contributed by atoms with Crippen LogP contribution < -0.4 is 8.92 Å². The number of aromatic hydroxyl groups is 1. The maximum absolute atomic E-state index is 12.5. The summed E-state index contributed by atoms with van der Waals surface area (Å²) in [6.45, 7) is 1.87. The summed E-state index contributed by atoms with van der Waals surface area (Å²) in [5, 5.41) is 9.82. The van der Waals surface area contributed by atoms with Crippen LogP contribution in [0.3, 0.4) is 0 Å². The van der Waals surface area contributed by atoms with Crippen LogP contribution in [0.2, 0.25) is 10.0 Å². The maximum Gasteiger partial charge on any atom is 0.343 e. The van der Waals surface area contributed by atoms with Crippen molar-refractivity contribution in [2.75, 3.05) is 7.11 Å². The topological polar surface area (TPSA) is 72.8 Å². The van der Waals surface area contributed by atoms with E-state index in [1.54, 1.807) is 0 Å². The van der Waals surface area contributed by atoms with E-state index in [9.17, 15) is 13.5 Å². The van der Waals surface area contributed by atoms with E-state index in [0.29, 0.717) is 6.42 Å². The van der Waals surface area contributed by atoms with E-state index in [0.717, 1.165) is 5.56 Å². The van der Waals surface area contributed by atoms with Gasteiger partial charge in [-0.3, -0.25) is 0 Å². The molecule has 0 saturated carbocycles. The molecule has 5 nitrogen and oxygen atoms in total. The summed E-state index contributed by atoms with van der Waals surface area (Å²) >= 11 is 11.8. The normalized spacial score (nSPS) is 11.3. The van der Waals surface area contributed by atoms with Crippen LogP contribution in [0.4, 0.5) is 0 Å². The Morgan fingerprint density at radius 1 is 1.13 bits per heavy atom. The SMILES string of the molecule is CCc1cc(O)cc(OS(=O)(=O)c2cc(Cl)cc(Cl)c2OC)c1. The first-order valence-corrected chi connectivity index (χ1v) is 8.73. The van der Waals surface area contributed by atoms with Crippen molar-refractivity contribution < 1.29 is 22.4 Å². The number of methoxy groups -OCH3 is 1. The Balaban J connectivity index is 2.50. The van der Waals surface area contributed by atoms with E-state index in [1.807, 2.05) is 6.92 Å². The summed E-state index contributed by atoms with van der Waals surface area (Å²) in [6.07, 6.45) is 0.608. The third-order valence-electron chi connectivity index (χ3n) is 3.01. The number of hydrogen-bond donors (Lipinski definition) is 1. The molecule has 0 aliphatic carbocycles. The molecule has 2 aromatic carbocycles. The number of halogens is 2. The van der Waals surface area contributed by atoms with Crippen LogP contribution in [0.5, 0.6) is 17.2 Å². The molecule has 0 amide bonds. The highest BCUT2D eigenvalue weighted by molar-refractivity contribution is 7.87. The number of rotatable bonds is 5. The molecule has 0 saturated heterocycles. The standard InChI is InChI=1S/C15H14Cl2O5S/c1-3-9-4-11(18)8-12(5-9)22-23(19,20)14-7-10(16)6-13(17)15(14)21-2/h4-8,18H,3H2,1-2H3. The minimum Gasteiger partial charge on any atom is -0.508 e. The van der Waals surface area contributed by atoms with Crippen LogP contribution in [0.1, 0.15) is 12.5 Å². The molecule has 124 valence electrons. The van der Waals surface area contributed by atoms with Crippen molar-refractivity contribution in [3.8, 4) is 17.2 Å². The lowest BCUT2D eigenvalue weighted by atomic mass is 10.1. The Hall–Kier alpha value is -1.63. The van der Waals surface area contributed by atoms with Gasteiger partial charge in [0.15, 0.2) is 10.6 Å². The second kappa shape index (κ2) is 6.86. The highest BCUT2D eigenvalue weighted by Crippen LogP contribution is 2.36. The van der Waals surface area contributed by atoms with Crippen LogP contribution in [-0.4, -0.2) is 20.6 Å². The van der Waals surface area contributed by atoms with Crippen molar-refractivity contribution in [2.24, 2.45) is 0 Å². The van der Waals surface area contributed by atoms with E-state index >= 15 is 0 Å². The van der Waals surface area contributed by atoms with Crippen LogP contribution in [0.15, 0.2) is 35.2 Å². The van der Waals surface area contributed by atoms with Crippen molar-refractivity contribution in [3.05, 3.63) is 45.9 Å². The molecule has 0 spiro atoms. The predicted octanol–water partition coefficient (Wildman–Crippen LogP) is 4.04. The summed E-state index contributed by atoms with van der Waals surface area (Å²) in [7, 11) is -2.96. The lowest BCUT2D eigenvalue weighted by Gasteiger charge is -2.13. The molecule has 0 radical (unpaired) electrons. The molecule has 2 aromatic rings. The number of hydrogen-bond acceptors (Lipinski definition) is 5. The van der Waals surface area contributed by atoms with E-state index < -0.39 is 10.1 Å².